The van der Waals surface area contributed by atoms with Gasteiger partial charge < -0.3 is 5.32 Å². The van der Waals surface area contributed by atoms with Gasteiger partial charge in [-0.05, 0) is 31.8 Å². The molecule has 4 nitrogen and oxygen atoms in total. The molecular weight excluding hydrogens is 200 g/mol. The van der Waals surface area contributed by atoms with E-state index >= 15 is 0 Å². The molecule has 0 aliphatic carbocycles. The van der Waals surface area contributed by atoms with E-state index in [0.717, 1.165) is 12.5 Å². The number of likely N-dealkylation sites (tertiary alicyclic amines) is 1. The Morgan fingerprint density at radius 1 is 1.31 bits per heavy atom. The van der Waals surface area contributed by atoms with Gasteiger partial charge in [-0.3, -0.25) is 4.90 Å². The minimum absolute atomic E-state index is 0.691. The smallest absolute Gasteiger partial charge is 0.222 e. The van der Waals surface area contributed by atoms with Crippen molar-refractivity contribution in [1.29, 1.82) is 0 Å². The normalized spacial score (nSPS) is 18.6. The Balaban J connectivity index is 1.88. The number of aromatic nitrogens is 2. The van der Waals surface area contributed by atoms with Crippen LogP contribution in [-0.4, -0.2) is 35.0 Å². The van der Waals surface area contributed by atoms with Gasteiger partial charge >= 0.3 is 0 Å². The molecule has 1 N–H and O–H groups in total. The molecule has 0 spiro atoms. The largest absolute Gasteiger partial charge is 0.357 e. The van der Waals surface area contributed by atoms with Crippen LogP contribution >= 0.6 is 0 Å². The van der Waals surface area contributed by atoms with Crippen LogP contribution in [0.5, 0.6) is 0 Å². The molecule has 0 unspecified atom stereocenters. The topological polar surface area (TPSA) is 41.1 Å². The zero-order valence-corrected chi connectivity index (χ0v) is 10.1. The Morgan fingerprint density at radius 2 is 1.94 bits per heavy atom. The molecule has 2 rings (SSSR count). The van der Waals surface area contributed by atoms with Crippen molar-refractivity contribution in [1.82, 2.24) is 14.9 Å². The summed E-state index contributed by atoms with van der Waals surface area (Å²) in [5.74, 6) is 1.58. The van der Waals surface area contributed by atoms with Crippen LogP contribution in [0, 0.1) is 5.92 Å². The van der Waals surface area contributed by atoms with Gasteiger partial charge in [0.1, 0.15) is 0 Å². The second-order valence-corrected chi connectivity index (χ2v) is 4.62. The van der Waals surface area contributed by atoms with Gasteiger partial charge in [-0.15, -0.1) is 0 Å². The lowest BCUT2D eigenvalue weighted by Gasteiger charge is -2.29. The molecule has 0 saturated carbocycles. The first kappa shape index (κ1) is 11.3. The Bertz CT molecular complexity index is 314. The minimum atomic E-state index is 0.691. The van der Waals surface area contributed by atoms with Crippen LogP contribution in [0.1, 0.15) is 25.3 Å². The summed E-state index contributed by atoms with van der Waals surface area (Å²) in [6.45, 7) is 5.72. The van der Waals surface area contributed by atoms with Gasteiger partial charge in [-0.2, -0.15) is 0 Å². The van der Waals surface area contributed by atoms with Crippen LogP contribution in [0.15, 0.2) is 12.4 Å². The minimum Gasteiger partial charge on any atom is -0.357 e. The van der Waals surface area contributed by atoms with E-state index in [1.807, 2.05) is 19.4 Å². The molecular formula is C12H20N4. The fourth-order valence-electron chi connectivity index (χ4n) is 2.04. The SMILES string of the molecule is CNc1ncc(CN2CCC(C)CC2)cn1. The van der Waals surface area contributed by atoms with E-state index in [0.29, 0.717) is 5.95 Å². The van der Waals surface area contributed by atoms with Crippen molar-refractivity contribution in [2.75, 3.05) is 25.5 Å². The summed E-state index contributed by atoms with van der Waals surface area (Å²) in [5.41, 5.74) is 1.20. The lowest BCUT2D eigenvalue weighted by atomic mass is 9.99. The van der Waals surface area contributed by atoms with Gasteiger partial charge in [0.05, 0.1) is 0 Å². The van der Waals surface area contributed by atoms with Crippen LogP contribution in [-0.2, 0) is 6.54 Å². The highest BCUT2D eigenvalue weighted by molar-refractivity contribution is 5.23. The molecule has 1 aromatic rings. The van der Waals surface area contributed by atoms with E-state index in [-0.39, 0.29) is 0 Å². The first-order valence-corrected chi connectivity index (χ1v) is 5.99. The average molecular weight is 220 g/mol. The van der Waals surface area contributed by atoms with Crippen LogP contribution in [0.25, 0.3) is 0 Å². The van der Waals surface area contributed by atoms with Crippen molar-refractivity contribution in [3.05, 3.63) is 18.0 Å². The Labute approximate surface area is 97.1 Å². The maximum Gasteiger partial charge on any atom is 0.222 e. The molecule has 1 aliphatic heterocycles. The Hall–Kier alpha value is -1.16. The van der Waals surface area contributed by atoms with E-state index < -0.39 is 0 Å². The molecule has 1 aromatic heterocycles. The Kier molecular flexibility index (Phi) is 3.72. The van der Waals surface area contributed by atoms with Gasteiger partial charge in [0.15, 0.2) is 0 Å². The number of hydrogen-bond acceptors (Lipinski definition) is 4. The summed E-state index contributed by atoms with van der Waals surface area (Å²) in [6.07, 6.45) is 6.46. The van der Waals surface area contributed by atoms with E-state index in [1.54, 1.807) is 0 Å². The molecule has 0 amide bonds. The highest BCUT2D eigenvalue weighted by atomic mass is 15.1. The molecule has 1 saturated heterocycles. The third kappa shape index (κ3) is 2.92. The van der Waals surface area contributed by atoms with Crippen molar-refractivity contribution in [3.63, 3.8) is 0 Å². The molecule has 0 radical (unpaired) electrons. The molecule has 0 bridgehead atoms. The quantitative estimate of drug-likeness (QED) is 0.842. The van der Waals surface area contributed by atoms with Gasteiger partial charge in [-0.1, -0.05) is 6.92 Å². The van der Waals surface area contributed by atoms with E-state index in [1.165, 1.54) is 31.5 Å². The summed E-state index contributed by atoms with van der Waals surface area (Å²) in [5, 5.41) is 2.93. The predicted octanol–water partition coefficient (Wildman–Crippen LogP) is 1.75. The Morgan fingerprint density at radius 3 is 2.50 bits per heavy atom. The summed E-state index contributed by atoms with van der Waals surface area (Å²) >= 11 is 0. The highest BCUT2D eigenvalue weighted by Crippen LogP contribution is 2.17. The standard InChI is InChI=1S/C12H20N4/c1-10-3-5-16(6-4-10)9-11-7-14-12(13-2)15-8-11/h7-8,10H,3-6,9H2,1-2H3,(H,13,14,15). The fraction of sp³-hybridized carbons (Fsp3) is 0.667. The lowest BCUT2D eigenvalue weighted by Crippen LogP contribution is -2.32. The molecule has 1 aliphatic rings. The molecule has 16 heavy (non-hydrogen) atoms. The van der Waals surface area contributed by atoms with Crippen molar-refractivity contribution >= 4 is 5.95 Å². The average Bonchev–Trinajstić information content (AvgIpc) is 2.33. The van der Waals surface area contributed by atoms with Crippen molar-refractivity contribution in [2.45, 2.75) is 26.3 Å². The summed E-state index contributed by atoms with van der Waals surface area (Å²) in [4.78, 5) is 10.9. The molecule has 4 heteroatoms. The maximum atomic E-state index is 4.23. The monoisotopic (exact) mass is 220 g/mol. The molecule has 0 atom stereocenters. The van der Waals surface area contributed by atoms with Crippen molar-refractivity contribution in [2.24, 2.45) is 5.92 Å². The van der Waals surface area contributed by atoms with Gasteiger partial charge in [0, 0.05) is 31.5 Å². The molecule has 2 heterocycles. The molecule has 88 valence electrons. The van der Waals surface area contributed by atoms with Gasteiger partial charge in [-0.25, -0.2) is 9.97 Å². The van der Waals surface area contributed by atoms with E-state index in [9.17, 15) is 0 Å². The summed E-state index contributed by atoms with van der Waals surface area (Å²) in [7, 11) is 1.83. The fourth-order valence-corrected chi connectivity index (χ4v) is 2.04. The van der Waals surface area contributed by atoms with Gasteiger partial charge in [0.25, 0.3) is 0 Å². The number of nitrogens with zero attached hydrogens (tertiary/aromatic N) is 3. The number of rotatable bonds is 3. The zero-order valence-electron chi connectivity index (χ0n) is 10.1. The number of piperidine rings is 1. The molecule has 1 fully saturated rings. The van der Waals surface area contributed by atoms with Crippen LogP contribution in [0.3, 0.4) is 0 Å². The number of hydrogen-bond donors (Lipinski definition) is 1. The van der Waals surface area contributed by atoms with Crippen molar-refractivity contribution in [3.8, 4) is 0 Å². The third-order valence-corrected chi connectivity index (χ3v) is 3.21. The second kappa shape index (κ2) is 5.25. The third-order valence-electron chi connectivity index (χ3n) is 3.21. The number of anilines is 1. The van der Waals surface area contributed by atoms with E-state index in [2.05, 4.69) is 27.1 Å². The summed E-state index contributed by atoms with van der Waals surface area (Å²) in [6, 6.07) is 0. The maximum absolute atomic E-state index is 4.23. The predicted molar refractivity (Wildman–Crippen MR) is 65.3 cm³/mol. The second-order valence-electron chi connectivity index (χ2n) is 4.62. The summed E-state index contributed by atoms with van der Waals surface area (Å²) < 4.78 is 0. The van der Waals surface area contributed by atoms with Gasteiger partial charge in [0.2, 0.25) is 5.95 Å². The van der Waals surface area contributed by atoms with Crippen LogP contribution in [0.4, 0.5) is 5.95 Å². The van der Waals surface area contributed by atoms with Crippen LogP contribution < -0.4 is 5.32 Å². The van der Waals surface area contributed by atoms with Crippen molar-refractivity contribution < 1.29 is 0 Å². The van der Waals surface area contributed by atoms with Crippen LogP contribution in [0.2, 0.25) is 0 Å². The lowest BCUT2D eigenvalue weighted by molar-refractivity contribution is 0.185. The first-order chi connectivity index (χ1) is 7.78. The van der Waals surface area contributed by atoms with E-state index in [4.69, 9.17) is 0 Å². The highest BCUT2D eigenvalue weighted by Gasteiger charge is 2.15. The zero-order chi connectivity index (χ0) is 11.4. The number of nitrogens with one attached hydrogen (secondary N) is 1. The molecule has 0 aromatic carbocycles. The first-order valence-electron chi connectivity index (χ1n) is 5.99.